The zero-order chi connectivity index (χ0) is 9.30. The standard InChI is InChI=1S/C7H7Cl2N/c8-6-2-1-5(4-10)3-7(6)9/h1-3H,4,10H2/i1D,3D. The second kappa shape index (κ2) is 3.24. The van der Waals surface area contributed by atoms with E-state index >= 15 is 0 Å². The number of rotatable bonds is 1. The molecular weight excluding hydrogens is 169 g/mol. The molecule has 1 aromatic rings. The average Bonchev–Trinajstić information content (AvgIpc) is 2.01. The fourth-order valence-corrected chi connectivity index (χ4v) is 0.822. The van der Waals surface area contributed by atoms with Gasteiger partial charge in [-0.15, -0.1) is 0 Å². The SMILES string of the molecule is [2H]c1cc(Cl)c(Cl)c([2H])c1CN. The zero-order valence-electron chi connectivity index (χ0n) is 7.12. The largest absolute Gasteiger partial charge is 0.326 e. The summed E-state index contributed by atoms with van der Waals surface area (Å²) in [6, 6.07) is 1.61. The molecule has 0 aliphatic heterocycles. The molecule has 0 fully saturated rings. The van der Waals surface area contributed by atoms with Crippen LogP contribution in [0.3, 0.4) is 0 Å². The van der Waals surface area contributed by atoms with Crippen molar-refractivity contribution in [1.29, 1.82) is 0 Å². The van der Waals surface area contributed by atoms with Crippen molar-refractivity contribution in [3.63, 3.8) is 0 Å². The van der Waals surface area contributed by atoms with Crippen LogP contribution in [0.15, 0.2) is 18.2 Å². The Morgan fingerprint density at radius 2 is 2.20 bits per heavy atom. The fraction of sp³-hybridized carbons (Fsp3) is 0.143. The molecule has 0 aliphatic carbocycles. The van der Waals surface area contributed by atoms with E-state index in [0.29, 0.717) is 5.56 Å². The van der Waals surface area contributed by atoms with Gasteiger partial charge in [0.1, 0.15) is 0 Å². The fourth-order valence-electron chi connectivity index (χ4n) is 0.552. The van der Waals surface area contributed by atoms with Crippen LogP contribution in [-0.4, -0.2) is 0 Å². The minimum absolute atomic E-state index is 0.0525. The normalized spacial score (nSPS) is 12.7. The summed E-state index contributed by atoms with van der Waals surface area (Å²) in [5.74, 6) is 0. The molecular formula is C7H7Cl2N. The second-order valence-corrected chi connectivity index (χ2v) is 2.54. The van der Waals surface area contributed by atoms with Crippen molar-refractivity contribution in [3.8, 4) is 0 Å². The molecule has 0 unspecified atom stereocenters. The smallest absolute Gasteiger partial charge is 0.0642 e. The van der Waals surface area contributed by atoms with Crippen LogP contribution < -0.4 is 5.73 Å². The van der Waals surface area contributed by atoms with Crippen LogP contribution in [0.1, 0.15) is 8.30 Å². The number of hydrogen-bond donors (Lipinski definition) is 1. The molecule has 0 saturated carbocycles. The van der Waals surface area contributed by atoms with Crippen molar-refractivity contribution >= 4 is 23.2 Å². The molecule has 1 aromatic carbocycles. The van der Waals surface area contributed by atoms with Gasteiger partial charge in [0.2, 0.25) is 0 Å². The highest BCUT2D eigenvalue weighted by Crippen LogP contribution is 2.21. The van der Waals surface area contributed by atoms with Gasteiger partial charge in [0.25, 0.3) is 0 Å². The van der Waals surface area contributed by atoms with Gasteiger partial charge in [0.05, 0.1) is 12.8 Å². The second-order valence-electron chi connectivity index (χ2n) is 1.76. The predicted octanol–water partition coefficient (Wildman–Crippen LogP) is 2.45. The van der Waals surface area contributed by atoms with E-state index in [1.54, 1.807) is 0 Å². The van der Waals surface area contributed by atoms with Crippen LogP contribution in [0.4, 0.5) is 0 Å². The quantitative estimate of drug-likeness (QED) is 0.702. The lowest BCUT2D eigenvalue weighted by Gasteiger charge is -1.97. The minimum Gasteiger partial charge on any atom is -0.326 e. The molecule has 2 N–H and O–H groups in total. The minimum atomic E-state index is 0.0525. The van der Waals surface area contributed by atoms with E-state index in [2.05, 4.69) is 0 Å². The highest BCUT2D eigenvalue weighted by atomic mass is 35.5. The summed E-state index contributed by atoms with van der Waals surface area (Å²) in [6.07, 6.45) is 0. The third kappa shape index (κ3) is 1.63. The molecule has 0 atom stereocenters. The Morgan fingerprint density at radius 1 is 1.50 bits per heavy atom. The first-order valence-corrected chi connectivity index (χ1v) is 3.47. The lowest BCUT2D eigenvalue weighted by Crippen LogP contribution is -1.95. The first kappa shape index (κ1) is 5.42. The predicted molar refractivity (Wildman–Crippen MR) is 44.4 cm³/mol. The maximum Gasteiger partial charge on any atom is 0.0642 e. The highest BCUT2D eigenvalue weighted by Gasteiger charge is 1.96. The third-order valence-electron chi connectivity index (χ3n) is 1.05. The van der Waals surface area contributed by atoms with E-state index in [-0.39, 0.29) is 28.7 Å². The Hall–Kier alpha value is -0.240. The first-order valence-electron chi connectivity index (χ1n) is 3.72. The third-order valence-corrected chi connectivity index (χ3v) is 1.74. The van der Waals surface area contributed by atoms with Crippen molar-refractivity contribution in [2.24, 2.45) is 5.73 Å². The lowest BCUT2D eigenvalue weighted by atomic mass is 10.2. The average molecular weight is 178 g/mol. The molecule has 0 amide bonds. The zero-order valence-corrected chi connectivity index (χ0v) is 6.63. The van der Waals surface area contributed by atoms with Gasteiger partial charge >= 0.3 is 0 Å². The van der Waals surface area contributed by atoms with Crippen LogP contribution in [-0.2, 0) is 6.54 Å². The number of halogens is 2. The molecule has 54 valence electrons. The molecule has 0 bridgehead atoms. The van der Waals surface area contributed by atoms with Crippen molar-refractivity contribution in [1.82, 2.24) is 0 Å². The van der Waals surface area contributed by atoms with E-state index in [9.17, 15) is 0 Å². The van der Waals surface area contributed by atoms with Gasteiger partial charge in [-0.1, -0.05) is 29.2 Å². The molecule has 1 nitrogen and oxygen atoms in total. The van der Waals surface area contributed by atoms with E-state index in [0.717, 1.165) is 0 Å². The van der Waals surface area contributed by atoms with Gasteiger partial charge in [0.15, 0.2) is 0 Å². The van der Waals surface area contributed by atoms with E-state index in [1.165, 1.54) is 6.07 Å². The molecule has 0 heterocycles. The summed E-state index contributed by atoms with van der Waals surface area (Å²) in [6.45, 7) is 0.133. The molecule has 0 aromatic heterocycles. The summed E-state index contributed by atoms with van der Waals surface area (Å²) >= 11 is 11.3. The van der Waals surface area contributed by atoms with Gasteiger partial charge in [-0.2, -0.15) is 0 Å². The summed E-state index contributed by atoms with van der Waals surface area (Å²) < 4.78 is 14.9. The Labute approximate surface area is 72.6 Å². The van der Waals surface area contributed by atoms with Gasteiger partial charge in [-0.25, -0.2) is 0 Å². The summed E-state index contributed by atoms with van der Waals surface area (Å²) in [5.41, 5.74) is 5.75. The van der Waals surface area contributed by atoms with Gasteiger partial charge in [-0.05, 0) is 17.7 Å². The molecule has 1 rings (SSSR count). The van der Waals surface area contributed by atoms with Gasteiger partial charge in [0, 0.05) is 6.54 Å². The molecule has 3 heteroatoms. The van der Waals surface area contributed by atoms with Crippen LogP contribution in [0, 0.1) is 0 Å². The monoisotopic (exact) mass is 177 g/mol. The maximum atomic E-state index is 7.46. The Bertz CT molecular complexity index is 315. The Morgan fingerprint density at radius 3 is 2.80 bits per heavy atom. The van der Waals surface area contributed by atoms with E-state index in [1.807, 2.05) is 0 Å². The van der Waals surface area contributed by atoms with Crippen molar-refractivity contribution < 1.29 is 2.74 Å². The molecule has 0 saturated heterocycles. The number of benzene rings is 1. The van der Waals surface area contributed by atoms with Gasteiger partial charge in [-0.3, -0.25) is 0 Å². The maximum absolute atomic E-state index is 7.46. The Kier molecular flexibility index (Phi) is 1.75. The molecule has 10 heavy (non-hydrogen) atoms. The highest BCUT2D eigenvalue weighted by molar-refractivity contribution is 6.41. The summed E-state index contributed by atoms with van der Waals surface area (Å²) in [5, 5.41) is 0.386. The molecule has 0 aliphatic rings. The van der Waals surface area contributed by atoms with E-state index < -0.39 is 0 Å². The number of hydrogen-bond acceptors (Lipinski definition) is 1. The topological polar surface area (TPSA) is 26.0 Å². The van der Waals surface area contributed by atoms with Crippen molar-refractivity contribution in [2.45, 2.75) is 6.54 Å². The van der Waals surface area contributed by atoms with Crippen molar-refractivity contribution in [2.75, 3.05) is 0 Å². The number of nitrogens with two attached hydrogens (primary N) is 1. The van der Waals surface area contributed by atoms with Crippen LogP contribution >= 0.6 is 23.2 Å². The van der Waals surface area contributed by atoms with Crippen LogP contribution in [0.2, 0.25) is 10.0 Å². The summed E-state index contributed by atoms with van der Waals surface area (Å²) in [7, 11) is 0. The van der Waals surface area contributed by atoms with Crippen LogP contribution in [0.25, 0.3) is 0 Å². The van der Waals surface area contributed by atoms with E-state index in [4.69, 9.17) is 31.7 Å². The van der Waals surface area contributed by atoms with Crippen molar-refractivity contribution in [3.05, 3.63) is 33.8 Å². The van der Waals surface area contributed by atoms with Crippen LogP contribution in [0.5, 0.6) is 0 Å². The molecule has 0 spiro atoms. The molecule has 0 radical (unpaired) electrons. The summed E-state index contributed by atoms with van der Waals surface area (Å²) in [4.78, 5) is 0. The lowest BCUT2D eigenvalue weighted by molar-refractivity contribution is 1.07. The first-order chi connectivity index (χ1) is 5.57. The Balaban J connectivity index is 3.40. The van der Waals surface area contributed by atoms with Gasteiger partial charge < -0.3 is 5.73 Å².